The van der Waals surface area contributed by atoms with Gasteiger partial charge in [0, 0.05) is 6.92 Å². The van der Waals surface area contributed by atoms with Crippen molar-refractivity contribution in [1.82, 2.24) is 5.32 Å². The largest absolute Gasteiger partial charge is 0.351 e. The topological polar surface area (TPSA) is 29.1 Å². The van der Waals surface area contributed by atoms with Crippen molar-refractivity contribution in [3.63, 3.8) is 0 Å². The van der Waals surface area contributed by atoms with E-state index in [0.29, 0.717) is 0 Å². The molecule has 0 aromatic rings. The second-order valence-electron chi connectivity index (χ2n) is 3.66. The first-order valence-corrected chi connectivity index (χ1v) is 4.35. The molecule has 0 spiro atoms. The van der Waals surface area contributed by atoms with Crippen molar-refractivity contribution in [2.75, 3.05) is 33.2 Å². The number of amides is 1. The monoisotopic (exact) mass is 169 g/mol. The highest BCUT2D eigenvalue weighted by molar-refractivity contribution is 5.72. The van der Waals surface area contributed by atoms with Crippen LogP contribution in [-0.2, 0) is 4.79 Å². The molecule has 1 heterocycles. The molecule has 1 aliphatic rings. The zero-order chi connectivity index (χ0) is 9.03. The van der Waals surface area contributed by atoms with E-state index in [1.807, 2.05) is 0 Å². The predicted octanol–water partition coefficient (Wildman–Crippen LogP) is 0.139. The van der Waals surface area contributed by atoms with E-state index in [1.165, 1.54) is 0 Å². The number of likely N-dealkylation sites (N-methyl/N-ethyl adjacent to an activating group) is 1. The fourth-order valence-corrected chi connectivity index (χ4v) is 1.42. The molecule has 0 aliphatic carbocycles. The second-order valence-corrected chi connectivity index (χ2v) is 3.66. The number of quaternary nitrogens is 1. The van der Waals surface area contributed by atoms with Gasteiger partial charge in [-0.1, -0.05) is 0 Å². The van der Waals surface area contributed by atoms with Crippen LogP contribution in [-0.4, -0.2) is 43.6 Å². The normalized spacial score (nSPS) is 19.5. The van der Waals surface area contributed by atoms with Gasteiger partial charge in [-0.15, -0.1) is 0 Å². The van der Waals surface area contributed by atoms with E-state index >= 15 is 0 Å². The summed E-state index contributed by atoms with van der Waals surface area (Å²) >= 11 is 0. The minimum atomic E-state index is 0.0637. The highest BCUT2D eigenvalue weighted by atomic mass is 16.1. The Kier molecular flexibility index (Phi) is 2.87. The van der Waals surface area contributed by atoms with Crippen molar-refractivity contribution < 1.29 is 9.28 Å². The van der Waals surface area contributed by atoms with E-state index in [-0.39, 0.29) is 5.91 Å². The van der Waals surface area contributed by atoms with Crippen LogP contribution in [0, 0.1) is 0 Å². The molecule has 0 aromatic carbocycles. The number of carbonyl (C=O) groups excluding carboxylic acids is 1. The van der Waals surface area contributed by atoms with E-state index in [9.17, 15) is 4.79 Å². The van der Waals surface area contributed by atoms with Crippen LogP contribution in [0.15, 0.2) is 12.2 Å². The molecule has 0 aromatic heterocycles. The Balaban J connectivity index is 2.18. The van der Waals surface area contributed by atoms with Crippen molar-refractivity contribution in [2.24, 2.45) is 0 Å². The predicted molar refractivity (Wildman–Crippen MR) is 48.6 cm³/mol. The third-order valence-electron chi connectivity index (χ3n) is 2.28. The summed E-state index contributed by atoms with van der Waals surface area (Å²) in [6.07, 6.45) is 4.40. The molecule has 0 unspecified atom stereocenters. The Morgan fingerprint density at radius 1 is 1.50 bits per heavy atom. The number of hydrogen-bond donors (Lipinski definition) is 1. The smallest absolute Gasteiger partial charge is 0.217 e. The van der Waals surface area contributed by atoms with Gasteiger partial charge in [0.05, 0.1) is 33.2 Å². The van der Waals surface area contributed by atoms with Crippen molar-refractivity contribution >= 4 is 5.91 Å². The Morgan fingerprint density at radius 3 is 2.58 bits per heavy atom. The van der Waals surface area contributed by atoms with Crippen LogP contribution in [0.3, 0.4) is 0 Å². The second kappa shape index (κ2) is 3.72. The Labute approximate surface area is 73.6 Å². The molecule has 0 fully saturated rings. The molecule has 0 saturated carbocycles. The van der Waals surface area contributed by atoms with Gasteiger partial charge >= 0.3 is 0 Å². The highest BCUT2D eigenvalue weighted by Gasteiger charge is 2.21. The average Bonchev–Trinajstić information content (AvgIpc) is 2.35. The summed E-state index contributed by atoms with van der Waals surface area (Å²) < 4.78 is 1.03. The molecule has 1 amide bonds. The van der Waals surface area contributed by atoms with Gasteiger partial charge in [0.15, 0.2) is 0 Å². The zero-order valence-corrected chi connectivity index (χ0v) is 7.84. The van der Waals surface area contributed by atoms with E-state index in [4.69, 9.17) is 0 Å². The van der Waals surface area contributed by atoms with E-state index in [2.05, 4.69) is 24.5 Å². The van der Waals surface area contributed by atoms with Gasteiger partial charge in [0.25, 0.3) is 0 Å². The molecular formula is C9H17N2O+. The minimum absolute atomic E-state index is 0.0637. The molecule has 1 aliphatic heterocycles. The quantitative estimate of drug-likeness (QED) is 0.472. The SMILES string of the molecule is CC(=O)NCC[N+]1(C)CC=CC1. The van der Waals surface area contributed by atoms with Crippen LogP contribution in [0.1, 0.15) is 6.92 Å². The van der Waals surface area contributed by atoms with Crippen molar-refractivity contribution in [1.29, 1.82) is 0 Å². The van der Waals surface area contributed by atoms with Crippen LogP contribution in [0.4, 0.5) is 0 Å². The minimum Gasteiger partial charge on any atom is -0.351 e. The van der Waals surface area contributed by atoms with E-state index in [1.54, 1.807) is 6.92 Å². The first-order chi connectivity index (χ1) is 5.62. The molecule has 0 atom stereocenters. The third kappa shape index (κ3) is 2.66. The summed E-state index contributed by atoms with van der Waals surface area (Å²) in [7, 11) is 2.21. The third-order valence-corrected chi connectivity index (χ3v) is 2.28. The lowest BCUT2D eigenvalue weighted by Crippen LogP contribution is -2.46. The van der Waals surface area contributed by atoms with Crippen LogP contribution in [0.2, 0.25) is 0 Å². The van der Waals surface area contributed by atoms with Gasteiger partial charge in [-0.05, 0) is 12.2 Å². The van der Waals surface area contributed by atoms with Gasteiger partial charge < -0.3 is 9.80 Å². The Hall–Kier alpha value is -0.830. The summed E-state index contributed by atoms with van der Waals surface area (Å²) in [4.78, 5) is 10.6. The van der Waals surface area contributed by atoms with Crippen LogP contribution in [0.5, 0.6) is 0 Å². The lowest BCUT2D eigenvalue weighted by molar-refractivity contribution is -0.892. The van der Waals surface area contributed by atoms with Crippen LogP contribution < -0.4 is 5.32 Å². The molecular weight excluding hydrogens is 152 g/mol. The average molecular weight is 169 g/mol. The molecule has 0 saturated heterocycles. The van der Waals surface area contributed by atoms with Gasteiger partial charge in [0.1, 0.15) is 0 Å². The highest BCUT2D eigenvalue weighted by Crippen LogP contribution is 2.07. The molecule has 1 N–H and O–H groups in total. The molecule has 68 valence electrons. The van der Waals surface area contributed by atoms with Gasteiger partial charge in [0.2, 0.25) is 5.91 Å². The maximum atomic E-state index is 10.6. The number of rotatable bonds is 3. The van der Waals surface area contributed by atoms with E-state index in [0.717, 1.165) is 30.7 Å². The Morgan fingerprint density at radius 2 is 2.08 bits per heavy atom. The van der Waals surface area contributed by atoms with Crippen LogP contribution in [0.25, 0.3) is 0 Å². The first kappa shape index (κ1) is 9.26. The molecule has 3 nitrogen and oxygen atoms in total. The lowest BCUT2D eigenvalue weighted by atomic mass is 10.4. The zero-order valence-electron chi connectivity index (χ0n) is 7.84. The molecule has 0 radical (unpaired) electrons. The fourth-order valence-electron chi connectivity index (χ4n) is 1.42. The molecule has 0 bridgehead atoms. The summed E-state index contributed by atoms with van der Waals surface area (Å²) in [5, 5.41) is 2.82. The van der Waals surface area contributed by atoms with E-state index < -0.39 is 0 Å². The van der Waals surface area contributed by atoms with Gasteiger partial charge in [-0.2, -0.15) is 0 Å². The molecule has 12 heavy (non-hydrogen) atoms. The fraction of sp³-hybridized carbons (Fsp3) is 0.667. The van der Waals surface area contributed by atoms with Crippen molar-refractivity contribution in [3.8, 4) is 0 Å². The summed E-state index contributed by atoms with van der Waals surface area (Å²) in [6.45, 7) is 5.56. The number of nitrogens with zero attached hydrogens (tertiary/aromatic N) is 1. The van der Waals surface area contributed by atoms with Gasteiger partial charge in [-0.25, -0.2) is 0 Å². The maximum Gasteiger partial charge on any atom is 0.217 e. The summed E-state index contributed by atoms with van der Waals surface area (Å²) in [5.41, 5.74) is 0. The first-order valence-electron chi connectivity index (χ1n) is 4.35. The maximum absolute atomic E-state index is 10.6. The number of carbonyl (C=O) groups is 1. The lowest BCUT2D eigenvalue weighted by Gasteiger charge is -2.28. The van der Waals surface area contributed by atoms with Crippen molar-refractivity contribution in [3.05, 3.63) is 12.2 Å². The number of nitrogens with one attached hydrogen (secondary N) is 1. The van der Waals surface area contributed by atoms with Crippen LogP contribution >= 0.6 is 0 Å². The molecule has 3 heteroatoms. The van der Waals surface area contributed by atoms with Gasteiger partial charge in [-0.3, -0.25) is 4.79 Å². The van der Waals surface area contributed by atoms with Crippen molar-refractivity contribution in [2.45, 2.75) is 6.92 Å². The molecule has 1 rings (SSSR count). The summed E-state index contributed by atoms with van der Waals surface area (Å²) in [5.74, 6) is 0.0637. The number of hydrogen-bond acceptors (Lipinski definition) is 1. The standard InChI is InChI=1S/C9H16N2O/c1-9(12)10-5-8-11(2)6-3-4-7-11/h3-4H,5-8H2,1-2H3/p+1. The summed E-state index contributed by atoms with van der Waals surface area (Å²) in [6, 6.07) is 0. The Bertz CT molecular complexity index is 191.